The molecule has 3 aromatic carbocycles. The van der Waals surface area contributed by atoms with Gasteiger partial charge in [0.25, 0.3) is 5.91 Å². The lowest BCUT2D eigenvalue weighted by atomic mass is 10.0. The van der Waals surface area contributed by atoms with Crippen LogP contribution >= 0.6 is 0 Å². The van der Waals surface area contributed by atoms with Crippen LogP contribution in [-0.2, 0) is 16.1 Å². The lowest BCUT2D eigenvalue weighted by Crippen LogP contribution is -2.37. The molecule has 6 heteroatoms. The van der Waals surface area contributed by atoms with Gasteiger partial charge in [-0.25, -0.2) is 0 Å². The summed E-state index contributed by atoms with van der Waals surface area (Å²) in [5.74, 6) is -1.84. The first-order valence-electron chi connectivity index (χ1n) is 10.1. The zero-order chi connectivity index (χ0) is 22.1. The molecule has 0 saturated carbocycles. The van der Waals surface area contributed by atoms with Gasteiger partial charge in [-0.3, -0.25) is 14.4 Å². The lowest BCUT2D eigenvalue weighted by Gasteiger charge is -2.14. The second-order valence-electron chi connectivity index (χ2n) is 7.19. The Kier molecular flexibility index (Phi) is 7.54. The van der Waals surface area contributed by atoms with Crippen LogP contribution in [0.25, 0.3) is 0 Å². The maximum Gasteiger partial charge on any atom is 0.313 e. The average molecular weight is 415 g/mol. The summed E-state index contributed by atoms with van der Waals surface area (Å²) in [7, 11) is 0. The van der Waals surface area contributed by atoms with E-state index in [1.165, 1.54) is 0 Å². The summed E-state index contributed by atoms with van der Waals surface area (Å²) in [5, 5.41) is 8.01. The van der Waals surface area contributed by atoms with Crippen molar-refractivity contribution in [2.45, 2.75) is 19.4 Å². The Morgan fingerprint density at radius 1 is 0.742 bits per heavy atom. The van der Waals surface area contributed by atoms with Crippen molar-refractivity contribution in [3.8, 4) is 0 Å². The number of hydrogen-bond donors (Lipinski definition) is 3. The summed E-state index contributed by atoms with van der Waals surface area (Å²) in [4.78, 5) is 37.2. The molecule has 158 valence electrons. The summed E-state index contributed by atoms with van der Waals surface area (Å²) >= 11 is 0. The predicted molar refractivity (Wildman–Crippen MR) is 121 cm³/mol. The minimum absolute atomic E-state index is 0.0639. The average Bonchev–Trinajstić information content (AvgIpc) is 2.82. The highest BCUT2D eigenvalue weighted by Crippen LogP contribution is 2.16. The third-order valence-corrected chi connectivity index (χ3v) is 4.86. The number of benzene rings is 3. The van der Waals surface area contributed by atoms with Crippen molar-refractivity contribution in [1.29, 1.82) is 0 Å². The molecule has 0 heterocycles. The fourth-order valence-electron chi connectivity index (χ4n) is 3.07. The zero-order valence-corrected chi connectivity index (χ0v) is 17.3. The molecule has 3 aromatic rings. The first-order chi connectivity index (χ1) is 15.0. The Bertz CT molecular complexity index is 1040. The fraction of sp³-hybridized carbons (Fsp3) is 0.160. The number of hydrogen-bond acceptors (Lipinski definition) is 3. The monoisotopic (exact) mass is 415 g/mol. The third kappa shape index (κ3) is 6.27. The molecule has 31 heavy (non-hydrogen) atoms. The van der Waals surface area contributed by atoms with Gasteiger partial charge in [-0.15, -0.1) is 0 Å². The normalized spacial score (nSPS) is 11.3. The number of carbonyl (C=O) groups is 3. The van der Waals surface area contributed by atoms with Crippen molar-refractivity contribution in [3.05, 3.63) is 102 Å². The molecular formula is C25H25N3O3. The van der Waals surface area contributed by atoms with Gasteiger partial charge in [0.1, 0.15) is 0 Å². The van der Waals surface area contributed by atoms with Crippen LogP contribution in [0.2, 0.25) is 0 Å². The van der Waals surface area contributed by atoms with Crippen LogP contribution in [0, 0.1) is 0 Å². The van der Waals surface area contributed by atoms with E-state index in [0.717, 1.165) is 11.1 Å². The zero-order valence-electron chi connectivity index (χ0n) is 17.3. The summed E-state index contributed by atoms with van der Waals surface area (Å²) in [5.41, 5.74) is 2.61. The molecule has 0 aliphatic carbocycles. The molecule has 0 unspecified atom stereocenters. The van der Waals surface area contributed by atoms with Gasteiger partial charge < -0.3 is 16.0 Å². The summed E-state index contributed by atoms with van der Waals surface area (Å²) in [6, 6.07) is 25.8. The van der Waals surface area contributed by atoms with E-state index in [-0.39, 0.29) is 23.1 Å². The highest BCUT2D eigenvalue weighted by atomic mass is 16.2. The van der Waals surface area contributed by atoms with Crippen molar-refractivity contribution >= 4 is 23.4 Å². The van der Waals surface area contributed by atoms with Gasteiger partial charge in [-0.1, -0.05) is 79.7 Å². The van der Waals surface area contributed by atoms with Crippen molar-refractivity contribution in [2.24, 2.45) is 0 Å². The Morgan fingerprint density at radius 3 is 2.06 bits per heavy atom. The molecule has 0 bridgehead atoms. The second-order valence-corrected chi connectivity index (χ2v) is 7.19. The molecule has 0 aliphatic rings. The van der Waals surface area contributed by atoms with Crippen LogP contribution in [0.4, 0.5) is 5.69 Å². The van der Waals surface area contributed by atoms with Gasteiger partial charge in [0.2, 0.25) is 0 Å². The number of amides is 3. The van der Waals surface area contributed by atoms with Gasteiger partial charge in [-0.2, -0.15) is 0 Å². The number of carbonyl (C=O) groups excluding carboxylic acids is 3. The first kappa shape index (κ1) is 21.8. The lowest BCUT2D eigenvalue weighted by molar-refractivity contribution is -0.136. The van der Waals surface area contributed by atoms with E-state index in [1.54, 1.807) is 24.3 Å². The van der Waals surface area contributed by atoms with Gasteiger partial charge in [-0.05, 0) is 29.2 Å². The highest BCUT2D eigenvalue weighted by molar-refractivity contribution is 6.40. The maximum atomic E-state index is 12.6. The van der Waals surface area contributed by atoms with E-state index >= 15 is 0 Å². The number of anilines is 1. The third-order valence-electron chi connectivity index (χ3n) is 4.86. The van der Waals surface area contributed by atoms with E-state index in [2.05, 4.69) is 16.0 Å². The van der Waals surface area contributed by atoms with E-state index in [9.17, 15) is 14.4 Å². The Labute approximate surface area is 181 Å². The molecule has 0 aromatic heterocycles. The Hall–Kier alpha value is -3.93. The van der Waals surface area contributed by atoms with E-state index in [4.69, 9.17) is 0 Å². The molecule has 0 fully saturated rings. The second kappa shape index (κ2) is 10.7. The summed E-state index contributed by atoms with van der Waals surface area (Å²) in [6.07, 6.45) is 0. The predicted octanol–water partition coefficient (Wildman–Crippen LogP) is 3.48. The SMILES string of the molecule is C[C@H](CNC(=O)C(=O)Nc1ccccc1C(=O)NCc1ccccc1)c1ccccc1. The quantitative estimate of drug-likeness (QED) is 0.517. The standard InChI is InChI=1S/C25H25N3O3/c1-18(20-12-6-3-7-13-20)16-26-24(30)25(31)28-22-15-9-8-14-21(22)23(29)27-17-19-10-4-2-5-11-19/h2-15,18H,16-17H2,1H3,(H,26,30)(H,27,29)(H,28,31)/t18-/m1/s1. The molecule has 3 rings (SSSR count). The summed E-state index contributed by atoms with van der Waals surface area (Å²) in [6.45, 7) is 2.66. The Balaban J connectivity index is 1.57. The van der Waals surface area contributed by atoms with E-state index < -0.39 is 11.8 Å². The van der Waals surface area contributed by atoms with Gasteiger partial charge in [0, 0.05) is 13.1 Å². The van der Waals surface area contributed by atoms with Crippen LogP contribution in [0.15, 0.2) is 84.9 Å². The van der Waals surface area contributed by atoms with Gasteiger partial charge in [0.15, 0.2) is 0 Å². The minimum atomic E-state index is -0.816. The van der Waals surface area contributed by atoms with Crippen molar-refractivity contribution < 1.29 is 14.4 Å². The number of rotatable bonds is 7. The van der Waals surface area contributed by atoms with E-state index in [1.807, 2.05) is 67.6 Å². The van der Waals surface area contributed by atoms with Crippen LogP contribution in [0.1, 0.15) is 34.3 Å². The van der Waals surface area contributed by atoms with Crippen LogP contribution < -0.4 is 16.0 Å². The highest BCUT2D eigenvalue weighted by Gasteiger charge is 2.18. The topological polar surface area (TPSA) is 87.3 Å². The van der Waals surface area contributed by atoms with Crippen LogP contribution in [0.3, 0.4) is 0 Å². The van der Waals surface area contributed by atoms with Gasteiger partial charge >= 0.3 is 11.8 Å². The first-order valence-corrected chi connectivity index (χ1v) is 10.1. The molecule has 3 amide bonds. The minimum Gasteiger partial charge on any atom is -0.348 e. The van der Waals surface area contributed by atoms with E-state index in [0.29, 0.717) is 13.1 Å². The van der Waals surface area contributed by atoms with Crippen LogP contribution in [-0.4, -0.2) is 24.3 Å². The largest absolute Gasteiger partial charge is 0.348 e. The molecule has 0 radical (unpaired) electrons. The maximum absolute atomic E-state index is 12.6. The van der Waals surface area contributed by atoms with Crippen molar-refractivity contribution in [3.63, 3.8) is 0 Å². The van der Waals surface area contributed by atoms with Crippen molar-refractivity contribution in [2.75, 3.05) is 11.9 Å². The molecule has 6 nitrogen and oxygen atoms in total. The fourth-order valence-corrected chi connectivity index (χ4v) is 3.07. The molecule has 0 spiro atoms. The molecular weight excluding hydrogens is 390 g/mol. The molecule has 0 aliphatic heterocycles. The molecule has 1 atom stereocenters. The van der Waals surface area contributed by atoms with Crippen molar-refractivity contribution in [1.82, 2.24) is 10.6 Å². The summed E-state index contributed by atoms with van der Waals surface area (Å²) < 4.78 is 0. The Morgan fingerprint density at radius 2 is 1.35 bits per heavy atom. The number of para-hydroxylation sites is 1. The van der Waals surface area contributed by atoms with Crippen LogP contribution in [0.5, 0.6) is 0 Å². The molecule has 0 saturated heterocycles. The number of nitrogens with one attached hydrogen (secondary N) is 3. The van der Waals surface area contributed by atoms with Gasteiger partial charge in [0.05, 0.1) is 11.3 Å². The molecule has 3 N–H and O–H groups in total. The smallest absolute Gasteiger partial charge is 0.313 e.